The molecule has 0 bridgehead atoms. The first-order chi connectivity index (χ1) is 12.5. The topological polar surface area (TPSA) is 85.9 Å². The fourth-order valence-electron chi connectivity index (χ4n) is 2.34. The fraction of sp³-hybridized carbons (Fsp3) is 0.263. The van der Waals surface area contributed by atoms with Gasteiger partial charge in [-0.15, -0.1) is 0 Å². The van der Waals surface area contributed by atoms with E-state index in [2.05, 4.69) is 10.6 Å². The molecule has 0 unspecified atom stereocenters. The van der Waals surface area contributed by atoms with Gasteiger partial charge in [0.1, 0.15) is 5.75 Å². The second-order valence-electron chi connectivity index (χ2n) is 5.49. The molecule has 2 aromatic carbocycles. The van der Waals surface area contributed by atoms with Crippen LogP contribution < -0.4 is 24.8 Å². The van der Waals surface area contributed by atoms with E-state index in [4.69, 9.17) is 14.2 Å². The number of nitrogens with one attached hydrogen (secondary N) is 2. The molecule has 0 fully saturated rings. The number of ether oxygens (including phenoxy) is 3. The van der Waals surface area contributed by atoms with Gasteiger partial charge in [0.25, 0.3) is 0 Å². The monoisotopic (exact) mass is 358 g/mol. The molecular formula is C19H22N2O5. The summed E-state index contributed by atoms with van der Waals surface area (Å²) in [7, 11) is 4.59. The van der Waals surface area contributed by atoms with Crippen molar-refractivity contribution in [1.29, 1.82) is 0 Å². The lowest BCUT2D eigenvalue weighted by Gasteiger charge is -2.15. The van der Waals surface area contributed by atoms with Crippen LogP contribution in [0.5, 0.6) is 17.2 Å². The fourth-order valence-corrected chi connectivity index (χ4v) is 2.34. The first-order valence-electron chi connectivity index (χ1n) is 7.96. The first-order valence-corrected chi connectivity index (χ1v) is 7.96. The van der Waals surface area contributed by atoms with Crippen LogP contribution >= 0.6 is 0 Å². The summed E-state index contributed by atoms with van der Waals surface area (Å²) in [6.07, 6.45) is 0. The molecule has 2 N–H and O–H groups in total. The van der Waals surface area contributed by atoms with E-state index in [0.717, 1.165) is 11.3 Å². The number of carbonyl (C=O) groups is 2. The minimum absolute atomic E-state index is 0.329. The second kappa shape index (κ2) is 8.75. The lowest BCUT2D eigenvalue weighted by Crippen LogP contribution is -2.36. The Morgan fingerprint density at radius 1 is 0.846 bits per heavy atom. The zero-order valence-electron chi connectivity index (χ0n) is 15.2. The van der Waals surface area contributed by atoms with Crippen molar-refractivity contribution in [2.24, 2.45) is 0 Å². The van der Waals surface area contributed by atoms with Crippen molar-refractivity contribution in [2.45, 2.75) is 13.0 Å². The van der Waals surface area contributed by atoms with Crippen LogP contribution in [0.15, 0.2) is 42.5 Å². The molecule has 2 rings (SSSR count). The molecule has 0 aliphatic rings. The Balaban J connectivity index is 1.99. The van der Waals surface area contributed by atoms with Crippen LogP contribution in [0.2, 0.25) is 0 Å². The Morgan fingerprint density at radius 3 is 2.08 bits per heavy atom. The molecule has 2 aromatic rings. The summed E-state index contributed by atoms with van der Waals surface area (Å²) >= 11 is 0. The third kappa shape index (κ3) is 4.66. The molecular weight excluding hydrogens is 336 g/mol. The van der Waals surface area contributed by atoms with Gasteiger partial charge >= 0.3 is 11.8 Å². The summed E-state index contributed by atoms with van der Waals surface area (Å²) in [4.78, 5) is 24.2. The van der Waals surface area contributed by atoms with Gasteiger partial charge in [0.2, 0.25) is 0 Å². The third-order valence-electron chi connectivity index (χ3n) is 3.81. The second-order valence-corrected chi connectivity index (χ2v) is 5.49. The van der Waals surface area contributed by atoms with Crippen LogP contribution in [0.4, 0.5) is 5.69 Å². The third-order valence-corrected chi connectivity index (χ3v) is 3.81. The zero-order valence-corrected chi connectivity index (χ0v) is 15.2. The van der Waals surface area contributed by atoms with Gasteiger partial charge in [-0.05, 0) is 36.8 Å². The highest BCUT2D eigenvalue weighted by Gasteiger charge is 2.18. The quantitative estimate of drug-likeness (QED) is 0.775. The van der Waals surface area contributed by atoms with E-state index in [-0.39, 0.29) is 6.04 Å². The SMILES string of the molecule is COc1ccc([C@@H](C)NC(=O)C(=O)Nc2ccc(OC)c(OC)c2)cc1. The maximum atomic E-state index is 12.1. The van der Waals surface area contributed by atoms with Crippen LogP contribution in [0.1, 0.15) is 18.5 Å². The Labute approximate surface area is 152 Å². The van der Waals surface area contributed by atoms with Gasteiger partial charge in [0.05, 0.1) is 27.4 Å². The first kappa shape index (κ1) is 19.1. The minimum Gasteiger partial charge on any atom is -0.497 e. The number of amides is 2. The molecule has 0 spiro atoms. The van der Waals surface area contributed by atoms with Crippen molar-refractivity contribution in [3.8, 4) is 17.2 Å². The van der Waals surface area contributed by atoms with Crippen molar-refractivity contribution in [3.63, 3.8) is 0 Å². The van der Waals surface area contributed by atoms with Gasteiger partial charge in [-0.1, -0.05) is 12.1 Å². The summed E-state index contributed by atoms with van der Waals surface area (Å²) in [6, 6.07) is 11.8. The van der Waals surface area contributed by atoms with E-state index in [9.17, 15) is 9.59 Å². The molecule has 0 aromatic heterocycles. The van der Waals surface area contributed by atoms with E-state index in [1.54, 1.807) is 44.4 Å². The van der Waals surface area contributed by atoms with Gasteiger partial charge < -0.3 is 24.8 Å². The lowest BCUT2D eigenvalue weighted by atomic mass is 10.1. The summed E-state index contributed by atoms with van der Waals surface area (Å²) in [5, 5.41) is 5.19. The molecule has 2 amide bonds. The van der Waals surface area contributed by atoms with Crippen LogP contribution in [-0.2, 0) is 9.59 Å². The number of anilines is 1. The highest BCUT2D eigenvalue weighted by molar-refractivity contribution is 6.39. The van der Waals surface area contributed by atoms with Crippen LogP contribution in [0.3, 0.4) is 0 Å². The number of methoxy groups -OCH3 is 3. The van der Waals surface area contributed by atoms with Crippen molar-refractivity contribution >= 4 is 17.5 Å². The lowest BCUT2D eigenvalue weighted by molar-refractivity contribution is -0.136. The van der Waals surface area contributed by atoms with E-state index >= 15 is 0 Å². The van der Waals surface area contributed by atoms with E-state index < -0.39 is 11.8 Å². The predicted molar refractivity (Wildman–Crippen MR) is 97.7 cm³/mol. The molecule has 0 heterocycles. The van der Waals surface area contributed by atoms with Gasteiger partial charge in [0, 0.05) is 11.8 Å². The molecule has 7 nitrogen and oxygen atoms in total. The highest BCUT2D eigenvalue weighted by Crippen LogP contribution is 2.29. The van der Waals surface area contributed by atoms with Crippen molar-refractivity contribution in [3.05, 3.63) is 48.0 Å². The predicted octanol–water partition coefficient (Wildman–Crippen LogP) is 2.53. The number of hydrogen-bond donors (Lipinski definition) is 2. The van der Waals surface area contributed by atoms with Gasteiger partial charge in [-0.3, -0.25) is 9.59 Å². The van der Waals surface area contributed by atoms with E-state index in [0.29, 0.717) is 17.2 Å². The summed E-state index contributed by atoms with van der Waals surface area (Å²) in [5.74, 6) is 0.208. The summed E-state index contributed by atoms with van der Waals surface area (Å²) in [6.45, 7) is 1.80. The Hall–Kier alpha value is -3.22. The highest BCUT2D eigenvalue weighted by atomic mass is 16.5. The van der Waals surface area contributed by atoms with Gasteiger partial charge in [0.15, 0.2) is 11.5 Å². The number of hydrogen-bond acceptors (Lipinski definition) is 5. The maximum Gasteiger partial charge on any atom is 0.313 e. The number of benzene rings is 2. The molecule has 0 aliphatic carbocycles. The van der Waals surface area contributed by atoms with E-state index in [1.807, 2.05) is 12.1 Å². The van der Waals surface area contributed by atoms with E-state index in [1.165, 1.54) is 14.2 Å². The van der Waals surface area contributed by atoms with Crippen LogP contribution in [0.25, 0.3) is 0 Å². The largest absolute Gasteiger partial charge is 0.497 e. The molecule has 0 saturated heterocycles. The summed E-state index contributed by atoms with van der Waals surface area (Å²) < 4.78 is 15.4. The molecule has 0 saturated carbocycles. The van der Waals surface area contributed by atoms with Gasteiger partial charge in [-0.25, -0.2) is 0 Å². The van der Waals surface area contributed by atoms with Crippen molar-refractivity contribution < 1.29 is 23.8 Å². The Bertz CT molecular complexity index is 774. The van der Waals surface area contributed by atoms with Crippen molar-refractivity contribution in [2.75, 3.05) is 26.6 Å². The normalized spacial score (nSPS) is 11.2. The van der Waals surface area contributed by atoms with Crippen molar-refractivity contribution in [1.82, 2.24) is 5.32 Å². The smallest absolute Gasteiger partial charge is 0.313 e. The molecule has 0 radical (unpaired) electrons. The number of rotatable bonds is 6. The molecule has 26 heavy (non-hydrogen) atoms. The molecule has 1 atom stereocenters. The maximum absolute atomic E-state index is 12.1. The standard InChI is InChI=1S/C19H22N2O5/c1-12(13-5-8-15(24-2)9-6-13)20-18(22)19(23)21-14-7-10-16(25-3)17(11-14)26-4/h5-12H,1-4H3,(H,20,22)(H,21,23)/t12-/m1/s1. The minimum atomic E-state index is -0.766. The van der Waals surface area contributed by atoms with Crippen LogP contribution in [0, 0.1) is 0 Å². The van der Waals surface area contributed by atoms with Crippen LogP contribution in [-0.4, -0.2) is 33.1 Å². The average molecular weight is 358 g/mol. The molecule has 0 aliphatic heterocycles. The Kier molecular flexibility index (Phi) is 6.43. The zero-order chi connectivity index (χ0) is 19.1. The Morgan fingerprint density at radius 2 is 1.50 bits per heavy atom. The average Bonchev–Trinajstić information content (AvgIpc) is 2.67. The van der Waals surface area contributed by atoms with Gasteiger partial charge in [-0.2, -0.15) is 0 Å². The number of carbonyl (C=O) groups excluding carboxylic acids is 2. The molecule has 138 valence electrons. The summed E-state index contributed by atoms with van der Waals surface area (Å²) in [5.41, 5.74) is 1.29. The molecule has 7 heteroatoms.